The second-order valence-corrected chi connectivity index (χ2v) is 43.5. The molecule has 4 aromatic carbocycles. The standard InChI is InChI=1S/C92H104NSe2/c1-86(2,3)71-19-21-79-75(39-71)76-40-72(87(4,5)6)20-22-80(76)93(79)85-69(17-15-55-35-81(88-41-57-23-58(42-88)25-59(24-57)43-88)94-82(36-55)89-44-60-26-61(45-89)28-62(27-60)46-89)53-92(77-13-9-7-11-73(77)74-12-8-10-14-78(74)92)54-70(85)18-16-56-37-83(90-47-63-29-64(48-90)31-65(30-63)49-90)95-84(38-56)91-50-66-32-67(51-91)34-68(33-66)52-91/h7-22,35-40,57-68H,23-34,41-54H2,1-6H3/q+1/b55-15?,56-16?,69-17+,70-18+. The van der Waals surface area contributed by atoms with Gasteiger partial charge in [-0.1, -0.05) is 41.5 Å². The number of nitrogens with zero attached hydrogens (tertiary/aromatic N) is 1. The molecule has 0 saturated heterocycles. The zero-order chi connectivity index (χ0) is 63.3. The summed E-state index contributed by atoms with van der Waals surface area (Å²) < 4.78 is 10.6. The summed E-state index contributed by atoms with van der Waals surface area (Å²) in [6.07, 6.45) is 60.4. The zero-order valence-electron chi connectivity index (χ0n) is 58.3. The fourth-order valence-corrected chi connectivity index (χ4v) is 34.5. The number of hydrogen-bond donors (Lipinski definition) is 0. The Balaban J connectivity index is 0.813. The quantitative estimate of drug-likeness (QED) is 0.118. The van der Waals surface area contributed by atoms with Gasteiger partial charge in [0.2, 0.25) is 0 Å². The van der Waals surface area contributed by atoms with Gasteiger partial charge in [-0.2, -0.15) is 0 Å². The van der Waals surface area contributed by atoms with Crippen molar-refractivity contribution >= 4 is 47.0 Å². The van der Waals surface area contributed by atoms with Gasteiger partial charge < -0.3 is 0 Å². The summed E-state index contributed by atoms with van der Waals surface area (Å²) in [5.74, 6) is 11.4. The van der Waals surface area contributed by atoms with Gasteiger partial charge in [0, 0.05) is 0 Å². The summed E-state index contributed by atoms with van der Waals surface area (Å²) in [7, 11) is 0. The van der Waals surface area contributed by atoms with Gasteiger partial charge >= 0.3 is 535 Å². The first-order valence-electron chi connectivity index (χ1n) is 39.1. The Morgan fingerprint density at radius 3 is 0.916 bits per heavy atom. The van der Waals surface area contributed by atoms with Crippen molar-refractivity contribution < 1.29 is 0 Å². The summed E-state index contributed by atoms with van der Waals surface area (Å²) in [4.78, 5) is 0. The van der Waals surface area contributed by atoms with Crippen LogP contribution in [-0.4, -0.2) is 35.6 Å². The molecule has 21 aliphatic rings. The van der Waals surface area contributed by atoms with E-state index in [-0.39, 0.29) is 16.2 Å². The van der Waals surface area contributed by atoms with E-state index in [2.05, 4.69) is 180 Å². The van der Waals surface area contributed by atoms with E-state index in [0.29, 0.717) is 51.6 Å². The van der Waals surface area contributed by atoms with Gasteiger partial charge in [-0.25, -0.2) is 0 Å². The second-order valence-electron chi connectivity index (χ2n) is 38.9. The summed E-state index contributed by atoms with van der Waals surface area (Å²) >= 11 is 0.868. The normalized spacial score (nSPS) is 39.8. The number of benzene rings is 4. The monoisotopic (exact) mass is 1380 g/mol. The molecular weight excluding hydrogens is 1280 g/mol. The molecule has 0 amide bonds. The van der Waals surface area contributed by atoms with Crippen molar-refractivity contribution in [2.75, 3.05) is 0 Å². The van der Waals surface area contributed by atoms with Crippen LogP contribution in [0, 0.1) is 92.7 Å². The molecule has 3 heterocycles. The SMILES string of the molecule is CC(C)(C)c1ccc2c(c1)-c1cc(C(C)(C)C)ccc1[N+]2=C1/C(=C/C=C2C=C(C34CC5CC(CC(C5)C3)C4)[Se]C(C34CC5CC(CC(C5)C3)C4)=C2)CC2(C/C1=C\C=C1C=C(C34CC5CC(CC(C5)C3)C4)[Se]C(C34CC5CC(CC(C5)C3)C4)=C1)c1ccccc1-c1ccccc12. The van der Waals surface area contributed by atoms with Crippen LogP contribution in [0.3, 0.4) is 0 Å². The molecule has 0 N–H and O–H groups in total. The van der Waals surface area contributed by atoms with Gasteiger partial charge in [-0.05, 0) is 10.8 Å². The molecular formula is C92H104NSe2+. The molecule has 0 atom stereocenters. The fourth-order valence-electron chi connectivity index (χ4n) is 28.0. The van der Waals surface area contributed by atoms with Gasteiger partial charge in [0.15, 0.2) is 0 Å². The average Bonchev–Trinajstić information content (AvgIpc) is 1.67. The van der Waals surface area contributed by atoms with E-state index in [1.165, 1.54) is 238 Å². The minimum atomic E-state index is -0.227. The van der Waals surface area contributed by atoms with E-state index in [0.717, 1.165) is 83.9 Å². The summed E-state index contributed by atoms with van der Waals surface area (Å²) in [5.41, 5.74) is 23.3. The zero-order valence-corrected chi connectivity index (χ0v) is 61.7. The number of hydrogen-bond acceptors (Lipinski definition) is 0. The van der Waals surface area contributed by atoms with Gasteiger partial charge in [0.05, 0.1) is 0 Å². The number of fused-ring (bicyclic) bond motifs is 8. The molecule has 4 aromatic rings. The third-order valence-corrected chi connectivity index (χ3v) is 36.8. The van der Waals surface area contributed by atoms with Crippen molar-refractivity contribution in [3.63, 3.8) is 0 Å². The molecule has 0 radical (unpaired) electrons. The topological polar surface area (TPSA) is 3.01 Å². The van der Waals surface area contributed by atoms with E-state index in [4.69, 9.17) is 0 Å². The van der Waals surface area contributed by atoms with Gasteiger partial charge in [0.25, 0.3) is 0 Å². The third-order valence-electron chi connectivity index (χ3n) is 30.3. The Morgan fingerprint density at radius 2 is 0.632 bits per heavy atom. The molecule has 488 valence electrons. The Bertz CT molecular complexity index is 3760. The molecule has 95 heavy (non-hydrogen) atoms. The molecule has 18 aliphatic carbocycles. The maximum absolute atomic E-state index is 2.89. The van der Waals surface area contributed by atoms with Crippen LogP contribution in [0.2, 0.25) is 0 Å². The summed E-state index contributed by atoms with van der Waals surface area (Å²) in [5, 5.41) is 0. The molecule has 0 aromatic heterocycles. The van der Waals surface area contributed by atoms with Crippen LogP contribution >= 0.6 is 0 Å². The molecule has 1 nitrogen and oxygen atoms in total. The van der Waals surface area contributed by atoms with Crippen LogP contribution in [0.1, 0.15) is 231 Å². The van der Waals surface area contributed by atoms with E-state index < -0.39 is 0 Å². The Kier molecular flexibility index (Phi) is 13.0. The van der Waals surface area contributed by atoms with Crippen LogP contribution in [0.5, 0.6) is 0 Å². The van der Waals surface area contributed by atoms with E-state index in [9.17, 15) is 0 Å². The van der Waals surface area contributed by atoms with Crippen LogP contribution in [0.15, 0.2) is 174 Å². The fraction of sp³-hybridized carbons (Fsp3) is 0.554. The maximum atomic E-state index is 2.89. The first-order chi connectivity index (χ1) is 45.9. The van der Waals surface area contributed by atoms with Crippen molar-refractivity contribution in [1.29, 1.82) is 0 Å². The van der Waals surface area contributed by atoms with Crippen LogP contribution < -0.4 is 4.58 Å². The van der Waals surface area contributed by atoms with Crippen LogP contribution in [-0.2, 0) is 16.2 Å². The number of rotatable bonds is 6. The molecule has 16 bridgehead atoms. The van der Waals surface area contributed by atoms with Crippen LogP contribution in [0.4, 0.5) is 11.4 Å². The summed E-state index contributed by atoms with van der Waals surface area (Å²) in [6.45, 7) is 14.5. The van der Waals surface area contributed by atoms with Gasteiger partial charge in [-0.15, -0.1) is 0 Å². The van der Waals surface area contributed by atoms with Gasteiger partial charge in [0.1, 0.15) is 0 Å². The van der Waals surface area contributed by atoms with Crippen molar-refractivity contribution in [3.8, 4) is 22.3 Å². The van der Waals surface area contributed by atoms with Crippen LogP contribution in [0.25, 0.3) is 22.3 Å². The van der Waals surface area contributed by atoms with E-state index in [1.54, 1.807) is 0 Å². The van der Waals surface area contributed by atoms with E-state index in [1.807, 2.05) is 17.9 Å². The Labute approximate surface area is 582 Å². The molecule has 17 fully saturated rings. The number of allylic oxidation sites excluding steroid dienone is 16. The van der Waals surface area contributed by atoms with Gasteiger partial charge in [-0.3, -0.25) is 0 Å². The molecule has 1 spiro atoms. The van der Waals surface area contributed by atoms with Crippen molar-refractivity contribution in [2.45, 2.75) is 225 Å². The predicted octanol–water partition coefficient (Wildman–Crippen LogP) is 22.8. The Morgan fingerprint density at radius 1 is 0.347 bits per heavy atom. The third kappa shape index (κ3) is 9.30. The average molecular weight is 1380 g/mol. The minimum absolute atomic E-state index is 0.0190. The van der Waals surface area contributed by atoms with Crippen molar-refractivity contribution in [1.82, 2.24) is 4.58 Å². The Hall–Kier alpha value is -4.49. The second kappa shape index (κ2) is 20.8. The van der Waals surface area contributed by atoms with Crippen molar-refractivity contribution in [3.05, 3.63) is 196 Å². The molecule has 0 unspecified atom stereocenters. The first-order valence-corrected chi connectivity index (χ1v) is 42.5. The molecule has 25 rings (SSSR count). The predicted molar refractivity (Wildman–Crippen MR) is 396 cm³/mol. The molecule has 3 heteroatoms. The molecule has 17 saturated carbocycles. The van der Waals surface area contributed by atoms with E-state index >= 15 is 0 Å². The summed E-state index contributed by atoms with van der Waals surface area (Å²) in [6, 6.07) is 34.8. The first kappa shape index (κ1) is 59.4. The molecule has 3 aliphatic heterocycles. The van der Waals surface area contributed by atoms with Crippen molar-refractivity contribution in [2.24, 2.45) is 92.7 Å².